The summed E-state index contributed by atoms with van der Waals surface area (Å²) >= 11 is 0. The fourth-order valence-corrected chi connectivity index (χ4v) is 5.84. The van der Waals surface area contributed by atoms with Crippen LogP contribution in [0.1, 0.15) is 49.9 Å². The van der Waals surface area contributed by atoms with Gasteiger partial charge >= 0.3 is 0 Å². The number of pyridine rings is 2. The van der Waals surface area contributed by atoms with Crippen molar-refractivity contribution in [1.29, 1.82) is 0 Å². The molecule has 4 amide bonds. The van der Waals surface area contributed by atoms with Gasteiger partial charge in [0.15, 0.2) is 0 Å². The first-order valence-corrected chi connectivity index (χ1v) is 18.1. The van der Waals surface area contributed by atoms with Gasteiger partial charge in [0, 0.05) is 36.9 Å². The first-order chi connectivity index (χ1) is 26.0. The predicted molar refractivity (Wildman–Crippen MR) is 210 cm³/mol. The summed E-state index contributed by atoms with van der Waals surface area (Å²) in [5.41, 5.74) is 3.17. The number of aromatic nitrogens is 2. The predicted octanol–water partition coefficient (Wildman–Crippen LogP) is 4.30. The van der Waals surface area contributed by atoms with E-state index in [-0.39, 0.29) is 24.7 Å². The van der Waals surface area contributed by atoms with Crippen molar-refractivity contribution in [2.75, 3.05) is 0 Å². The SMILES string of the molecule is CC(C)[C@H](NC(=O)/C=C/c1cccnc1)C(=O)N[C@@H](Cc1ccccc1)C(O)[C@H](Cc1ccccc1)NC(=O)[C@H](NC(=O)/C=C/c1cccnc1)C(C)C. The van der Waals surface area contributed by atoms with E-state index in [0.717, 1.165) is 22.3 Å². The Morgan fingerprint density at radius 1 is 0.574 bits per heavy atom. The van der Waals surface area contributed by atoms with E-state index in [1.165, 1.54) is 12.2 Å². The summed E-state index contributed by atoms with van der Waals surface area (Å²) in [6, 6.07) is 22.3. The molecule has 2 aromatic carbocycles. The van der Waals surface area contributed by atoms with E-state index >= 15 is 0 Å². The lowest BCUT2D eigenvalue weighted by Crippen LogP contribution is -2.61. The van der Waals surface area contributed by atoms with Crippen LogP contribution in [0.2, 0.25) is 0 Å². The Balaban J connectivity index is 1.58. The number of carbonyl (C=O) groups excluding carboxylic acids is 4. The summed E-state index contributed by atoms with van der Waals surface area (Å²) in [6.45, 7) is 7.29. The highest BCUT2D eigenvalue weighted by molar-refractivity contribution is 5.96. The standard InChI is InChI=1S/C43H50N6O5/c1-29(2)39(48-37(50)21-19-33-17-11-23-44-27-33)42(53)46-35(25-31-13-7-5-8-14-31)41(52)36(26-32-15-9-6-10-16-32)47-43(54)40(30(3)4)49-38(51)22-20-34-18-12-24-45-28-34/h5-24,27-30,35-36,39-41,52H,25-26H2,1-4H3,(H,46,53)(H,47,54)(H,48,50)(H,49,51)/b21-19+,22-20+/t35-,36-,39-,40+,41?/m0/s1. The zero-order chi connectivity index (χ0) is 38.9. The van der Waals surface area contributed by atoms with E-state index in [9.17, 15) is 24.3 Å². The molecule has 0 aliphatic carbocycles. The Hall–Kier alpha value is -5.94. The third-order valence-electron chi connectivity index (χ3n) is 8.79. The molecule has 54 heavy (non-hydrogen) atoms. The lowest BCUT2D eigenvalue weighted by Gasteiger charge is -2.34. The summed E-state index contributed by atoms with van der Waals surface area (Å²) in [7, 11) is 0. The summed E-state index contributed by atoms with van der Waals surface area (Å²) in [5, 5.41) is 23.8. The summed E-state index contributed by atoms with van der Waals surface area (Å²) in [6.07, 6.45) is 11.6. The molecule has 0 aliphatic heterocycles. The highest BCUT2D eigenvalue weighted by Crippen LogP contribution is 2.16. The monoisotopic (exact) mass is 730 g/mol. The zero-order valence-electron chi connectivity index (χ0n) is 31.1. The van der Waals surface area contributed by atoms with Gasteiger partial charge in [-0.3, -0.25) is 29.1 Å². The average Bonchev–Trinajstić information content (AvgIpc) is 3.17. The van der Waals surface area contributed by atoms with Crippen molar-refractivity contribution in [3.63, 3.8) is 0 Å². The minimum Gasteiger partial charge on any atom is -0.389 e. The third-order valence-corrected chi connectivity index (χ3v) is 8.79. The first kappa shape index (κ1) is 40.8. The maximum atomic E-state index is 14.0. The Bertz CT molecular complexity index is 1700. The molecule has 0 bridgehead atoms. The van der Waals surface area contributed by atoms with Crippen LogP contribution in [0.4, 0.5) is 0 Å². The topological polar surface area (TPSA) is 162 Å². The van der Waals surface area contributed by atoms with Crippen molar-refractivity contribution >= 4 is 35.8 Å². The van der Waals surface area contributed by atoms with Crippen LogP contribution in [-0.2, 0) is 32.0 Å². The normalized spacial score (nSPS) is 14.3. The number of hydrogen-bond acceptors (Lipinski definition) is 7. The van der Waals surface area contributed by atoms with Gasteiger partial charge in [0.2, 0.25) is 23.6 Å². The third kappa shape index (κ3) is 13.2. The maximum absolute atomic E-state index is 14.0. The zero-order valence-corrected chi connectivity index (χ0v) is 31.1. The minimum atomic E-state index is -1.29. The number of aliphatic hydroxyl groups excluding tert-OH is 1. The van der Waals surface area contributed by atoms with Crippen LogP contribution in [0.25, 0.3) is 12.2 Å². The van der Waals surface area contributed by atoms with E-state index in [0.29, 0.717) is 0 Å². The molecule has 0 spiro atoms. The summed E-state index contributed by atoms with van der Waals surface area (Å²) in [4.78, 5) is 61.9. The first-order valence-electron chi connectivity index (χ1n) is 18.1. The van der Waals surface area contributed by atoms with Crippen LogP contribution < -0.4 is 21.3 Å². The van der Waals surface area contributed by atoms with Gasteiger partial charge in [-0.15, -0.1) is 0 Å². The summed E-state index contributed by atoms with van der Waals surface area (Å²) < 4.78 is 0. The van der Waals surface area contributed by atoms with E-state index < -0.39 is 53.9 Å². The van der Waals surface area contributed by atoms with Gasteiger partial charge in [-0.05, 0) is 71.2 Å². The number of rotatable bonds is 18. The molecule has 11 nitrogen and oxygen atoms in total. The van der Waals surface area contributed by atoms with Crippen molar-refractivity contribution < 1.29 is 24.3 Å². The molecule has 0 aliphatic rings. The van der Waals surface area contributed by atoms with Gasteiger partial charge in [-0.1, -0.05) is 100 Å². The second-order valence-corrected chi connectivity index (χ2v) is 13.8. The number of nitrogens with zero attached hydrogens (tertiary/aromatic N) is 2. The Kier molecular flexibility index (Phi) is 15.8. The molecule has 1 unspecified atom stereocenters. The quantitative estimate of drug-likeness (QED) is 0.0954. The van der Waals surface area contributed by atoms with Gasteiger partial charge in [-0.25, -0.2) is 0 Å². The van der Waals surface area contributed by atoms with Gasteiger partial charge < -0.3 is 26.4 Å². The second-order valence-electron chi connectivity index (χ2n) is 13.8. The van der Waals surface area contributed by atoms with E-state index in [1.54, 1.807) is 49.1 Å². The molecule has 11 heteroatoms. The van der Waals surface area contributed by atoms with E-state index in [1.807, 2.05) is 100 Å². The van der Waals surface area contributed by atoms with Crippen LogP contribution in [0.15, 0.2) is 122 Å². The van der Waals surface area contributed by atoms with Crippen LogP contribution in [0.3, 0.4) is 0 Å². The van der Waals surface area contributed by atoms with Crippen molar-refractivity contribution in [3.8, 4) is 0 Å². The number of benzene rings is 2. The van der Waals surface area contributed by atoms with Crippen LogP contribution >= 0.6 is 0 Å². The van der Waals surface area contributed by atoms with Crippen molar-refractivity contribution in [2.24, 2.45) is 11.8 Å². The molecular weight excluding hydrogens is 681 g/mol. The summed E-state index contributed by atoms with van der Waals surface area (Å²) in [5.74, 6) is -2.47. The van der Waals surface area contributed by atoms with Crippen LogP contribution in [-0.4, -0.2) is 69.0 Å². The van der Waals surface area contributed by atoms with Crippen molar-refractivity contribution in [2.45, 2.75) is 70.8 Å². The molecule has 0 saturated carbocycles. The molecule has 2 heterocycles. The second kappa shape index (κ2) is 20.9. The van der Waals surface area contributed by atoms with Gasteiger partial charge in [0.25, 0.3) is 0 Å². The molecule has 0 radical (unpaired) electrons. The average molecular weight is 731 g/mol. The van der Waals surface area contributed by atoms with E-state index in [2.05, 4.69) is 31.2 Å². The Labute approximate surface area is 317 Å². The molecule has 0 fully saturated rings. The smallest absolute Gasteiger partial charge is 0.244 e. The highest BCUT2D eigenvalue weighted by atomic mass is 16.3. The highest BCUT2D eigenvalue weighted by Gasteiger charge is 2.35. The largest absolute Gasteiger partial charge is 0.389 e. The fraction of sp³-hybridized carbons (Fsp3) is 0.302. The van der Waals surface area contributed by atoms with Crippen molar-refractivity contribution in [1.82, 2.24) is 31.2 Å². The maximum Gasteiger partial charge on any atom is 0.244 e. The lowest BCUT2D eigenvalue weighted by atomic mass is 9.91. The minimum absolute atomic E-state index is 0.234. The molecule has 5 N–H and O–H groups in total. The molecule has 4 rings (SSSR count). The van der Waals surface area contributed by atoms with Crippen molar-refractivity contribution in [3.05, 3.63) is 144 Å². The Morgan fingerprint density at radius 3 is 1.30 bits per heavy atom. The van der Waals surface area contributed by atoms with Gasteiger partial charge in [0.05, 0.1) is 18.2 Å². The fourth-order valence-electron chi connectivity index (χ4n) is 5.84. The van der Waals surface area contributed by atoms with Crippen LogP contribution in [0, 0.1) is 11.8 Å². The van der Waals surface area contributed by atoms with Crippen LogP contribution in [0.5, 0.6) is 0 Å². The number of aliphatic hydroxyl groups is 1. The number of carbonyl (C=O) groups is 4. The molecule has 282 valence electrons. The number of amides is 4. The van der Waals surface area contributed by atoms with Gasteiger partial charge in [-0.2, -0.15) is 0 Å². The molecular formula is C43H50N6O5. The Morgan fingerprint density at radius 2 is 0.963 bits per heavy atom. The molecule has 4 aromatic rings. The lowest BCUT2D eigenvalue weighted by molar-refractivity contribution is -0.130. The number of hydrogen-bond donors (Lipinski definition) is 5. The molecule has 5 atom stereocenters. The molecule has 2 aromatic heterocycles. The molecule has 0 saturated heterocycles. The number of nitrogens with one attached hydrogen (secondary N) is 4. The van der Waals surface area contributed by atoms with Gasteiger partial charge in [0.1, 0.15) is 12.1 Å². The van der Waals surface area contributed by atoms with E-state index in [4.69, 9.17) is 0 Å².